The molecule has 262 valence electrons. The molecule has 0 amide bonds. The van der Waals surface area contributed by atoms with Crippen LogP contribution < -0.4 is 19.6 Å². The second-order valence-corrected chi connectivity index (χ2v) is 17.3. The van der Waals surface area contributed by atoms with Crippen molar-refractivity contribution in [2.75, 3.05) is 59.0 Å². The molecule has 2 aliphatic rings. The molecule has 0 radical (unpaired) electrons. The Labute approximate surface area is 284 Å². The third-order valence-corrected chi connectivity index (χ3v) is 13.8. The SMILES string of the molecule is CCN(CC)c1ccc2c(-c3ccc(S(=O)(=O)NCCC[Si](OC)(OC)OC)cc3S(=O)(=O)[O-])c3ccc(=[N+](CC)CC)cc-3oc2c1. The number of hydrogen-bond donors (Lipinski definition) is 1. The van der Waals surface area contributed by atoms with E-state index in [1.807, 2.05) is 36.4 Å². The molecule has 2 aromatic rings. The summed E-state index contributed by atoms with van der Waals surface area (Å²) in [6, 6.07) is 15.3. The van der Waals surface area contributed by atoms with Crippen LogP contribution in [0.25, 0.3) is 33.4 Å². The molecule has 12 nitrogen and oxygen atoms in total. The molecule has 0 unspecified atom stereocenters. The molecule has 0 fully saturated rings. The van der Waals surface area contributed by atoms with E-state index in [-0.39, 0.29) is 17.0 Å². The normalized spacial score (nSPS) is 12.6. The highest BCUT2D eigenvalue weighted by Gasteiger charge is 2.37. The van der Waals surface area contributed by atoms with Gasteiger partial charge in [-0.15, -0.1) is 0 Å². The monoisotopic (exact) mass is 719 g/mol. The van der Waals surface area contributed by atoms with Crippen molar-refractivity contribution in [1.29, 1.82) is 0 Å². The van der Waals surface area contributed by atoms with Gasteiger partial charge in [-0.25, -0.2) is 26.1 Å². The molecule has 0 spiro atoms. The van der Waals surface area contributed by atoms with Gasteiger partial charge in [0.1, 0.15) is 34.6 Å². The number of benzene rings is 3. The number of rotatable bonds is 16. The Morgan fingerprint density at radius 1 is 0.854 bits per heavy atom. The molecule has 0 saturated heterocycles. The van der Waals surface area contributed by atoms with E-state index in [0.29, 0.717) is 40.3 Å². The Morgan fingerprint density at radius 3 is 2.08 bits per heavy atom. The van der Waals surface area contributed by atoms with E-state index in [4.69, 9.17) is 17.7 Å². The molecule has 0 aromatic heterocycles. The van der Waals surface area contributed by atoms with Crippen molar-refractivity contribution in [2.24, 2.45) is 0 Å². The van der Waals surface area contributed by atoms with Crippen molar-refractivity contribution in [2.45, 2.75) is 50.0 Å². The van der Waals surface area contributed by atoms with Crippen LogP contribution in [0.5, 0.6) is 0 Å². The zero-order valence-corrected chi connectivity index (χ0v) is 31.2. The Morgan fingerprint density at radius 2 is 1.50 bits per heavy atom. The number of hydrogen-bond acceptors (Lipinski definition) is 10. The van der Waals surface area contributed by atoms with Crippen LogP contribution in [-0.4, -0.2) is 84.2 Å². The third-order valence-electron chi connectivity index (χ3n) is 8.63. The average Bonchev–Trinajstić information content (AvgIpc) is 3.08. The van der Waals surface area contributed by atoms with Gasteiger partial charge >= 0.3 is 8.80 Å². The van der Waals surface area contributed by atoms with Crippen molar-refractivity contribution < 1.29 is 39.1 Å². The summed E-state index contributed by atoms with van der Waals surface area (Å²) in [6.07, 6.45) is 0.336. The van der Waals surface area contributed by atoms with Gasteiger partial charge in [0.15, 0.2) is 0 Å². The topological polar surface area (TPSA) is 150 Å². The van der Waals surface area contributed by atoms with Gasteiger partial charge < -0.3 is 27.1 Å². The smallest absolute Gasteiger partial charge is 0.500 e. The summed E-state index contributed by atoms with van der Waals surface area (Å²) in [6.45, 7) is 11.3. The molecule has 48 heavy (non-hydrogen) atoms. The molecule has 0 saturated carbocycles. The van der Waals surface area contributed by atoms with E-state index >= 15 is 0 Å². The minimum atomic E-state index is -5.15. The van der Waals surface area contributed by atoms with Gasteiger partial charge in [-0.05, 0) is 64.4 Å². The van der Waals surface area contributed by atoms with Gasteiger partial charge in [0.05, 0.1) is 15.9 Å². The lowest BCUT2D eigenvalue weighted by Gasteiger charge is -2.24. The zero-order valence-electron chi connectivity index (χ0n) is 28.5. The van der Waals surface area contributed by atoms with E-state index in [2.05, 4.69) is 41.9 Å². The van der Waals surface area contributed by atoms with E-state index in [1.165, 1.54) is 33.5 Å². The summed E-state index contributed by atoms with van der Waals surface area (Å²) in [4.78, 5) is 1.16. The van der Waals surface area contributed by atoms with Crippen LogP contribution in [0, 0.1) is 0 Å². The van der Waals surface area contributed by atoms with Gasteiger partial charge in [-0.3, -0.25) is 0 Å². The molecular weight excluding hydrogens is 675 g/mol. The molecule has 1 heterocycles. The van der Waals surface area contributed by atoms with Crippen LogP contribution in [-0.2, 0) is 33.4 Å². The van der Waals surface area contributed by atoms with E-state index in [9.17, 15) is 21.4 Å². The van der Waals surface area contributed by atoms with Crippen molar-refractivity contribution >= 4 is 45.6 Å². The third kappa shape index (κ3) is 7.84. The summed E-state index contributed by atoms with van der Waals surface area (Å²) in [7, 11) is -7.85. The van der Waals surface area contributed by atoms with E-state index < -0.39 is 33.8 Å². The van der Waals surface area contributed by atoms with Gasteiger partial charge in [-0.2, -0.15) is 0 Å². The Kier molecular flexibility index (Phi) is 12.2. The first-order valence-electron chi connectivity index (χ1n) is 15.9. The number of fused-ring (bicyclic) bond motifs is 2. The van der Waals surface area contributed by atoms with E-state index in [1.54, 1.807) is 0 Å². The summed E-state index contributed by atoms with van der Waals surface area (Å²) in [5.74, 6) is 0.494. The lowest BCUT2D eigenvalue weighted by atomic mass is 9.93. The van der Waals surface area contributed by atoms with Gasteiger partial charge in [0.25, 0.3) is 0 Å². The summed E-state index contributed by atoms with van der Waals surface area (Å²) in [5, 5.41) is 1.50. The molecule has 1 N–H and O–H groups in total. The van der Waals surface area contributed by atoms with Crippen LogP contribution in [0.1, 0.15) is 34.1 Å². The lowest BCUT2D eigenvalue weighted by molar-refractivity contribution is 0.123. The van der Waals surface area contributed by atoms with Crippen LogP contribution in [0.3, 0.4) is 0 Å². The Bertz CT molecular complexity index is 1990. The van der Waals surface area contributed by atoms with Gasteiger partial charge in [0, 0.05) is 86.9 Å². The summed E-state index contributed by atoms with van der Waals surface area (Å²) < 4.78 is 92.4. The maximum absolute atomic E-state index is 13.3. The van der Waals surface area contributed by atoms with Crippen molar-refractivity contribution in [3.05, 3.63) is 60.0 Å². The number of nitrogens with zero attached hydrogens (tertiary/aromatic N) is 2. The van der Waals surface area contributed by atoms with Crippen LogP contribution in [0.4, 0.5) is 5.69 Å². The fourth-order valence-electron chi connectivity index (χ4n) is 5.96. The Hall–Kier alpha value is -3.15. The molecule has 1 aliphatic heterocycles. The molecule has 15 heteroatoms. The average molecular weight is 720 g/mol. The lowest BCUT2D eigenvalue weighted by Crippen LogP contribution is -2.43. The first kappa shape index (κ1) is 37.7. The quantitative estimate of drug-likeness (QED) is 0.0584. The first-order chi connectivity index (χ1) is 22.8. The minimum absolute atomic E-state index is 0.00752. The molecule has 0 bridgehead atoms. The summed E-state index contributed by atoms with van der Waals surface area (Å²) >= 11 is 0. The van der Waals surface area contributed by atoms with Crippen LogP contribution in [0.2, 0.25) is 6.04 Å². The number of nitrogens with one attached hydrogen (secondary N) is 1. The highest BCUT2D eigenvalue weighted by molar-refractivity contribution is 7.89. The molecule has 0 atom stereocenters. The molecular formula is C33H45N3O9S2Si. The van der Waals surface area contributed by atoms with Crippen LogP contribution >= 0.6 is 0 Å². The predicted molar refractivity (Wildman–Crippen MR) is 188 cm³/mol. The predicted octanol–water partition coefficient (Wildman–Crippen LogP) is 4.31. The largest absolute Gasteiger partial charge is 0.744 e. The van der Waals surface area contributed by atoms with Crippen molar-refractivity contribution in [3.63, 3.8) is 0 Å². The molecule has 1 aliphatic carbocycles. The molecule has 2 aromatic carbocycles. The number of sulfonamides is 1. The standard InChI is InChI=1S/C33H45N3O9S2Si/c1-8-35(9-2)24-13-16-27-30(21-24)45-31-22-25(36(10-3)11-4)14-17-28(31)33(27)29-18-15-26(23-32(29)47(39,40)41)46(37,38)34-19-12-20-48(42-5,43-6)44-7/h13-18,21-23,34H,8-12,19-20H2,1-7H3. The zero-order chi connectivity index (χ0) is 35.3. The summed E-state index contributed by atoms with van der Waals surface area (Å²) in [5.41, 5.74) is 2.53. The maximum Gasteiger partial charge on any atom is 0.500 e. The fourth-order valence-corrected chi connectivity index (χ4v) is 9.57. The minimum Gasteiger partial charge on any atom is -0.744 e. The van der Waals surface area contributed by atoms with Crippen molar-refractivity contribution in [1.82, 2.24) is 9.30 Å². The molecule has 4 rings (SSSR count). The van der Waals surface area contributed by atoms with Gasteiger partial charge in [0.2, 0.25) is 15.4 Å². The fraction of sp³-hybridized carbons (Fsp3) is 0.424. The first-order valence-corrected chi connectivity index (χ1v) is 20.7. The van der Waals surface area contributed by atoms with Crippen molar-refractivity contribution in [3.8, 4) is 22.5 Å². The maximum atomic E-state index is 13.3. The second kappa shape index (κ2) is 15.6. The highest BCUT2D eigenvalue weighted by Crippen LogP contribution is 2.43. The second-order valence-electron chi connectivity index (χ2n) is 11.1. The number of anilines is 1. The Balaban J connectivity index is 1.91. The van der Waals surface area contributed by atoms with E-state index in [0.717, 1.165) is 43.3 Å². The van der Waals surface area contributed by atoms with Crippen LogP contribution in [0.15, 0.2) is 68.8 Å². The highest BCUT2D eigenvalue weighted by atomic mass is 32.2. The van der Waals surface area contributed by atoms with Gasteiger partial charge in [-0.1, -0.05) is 6.07 Å².